The van der Waals surface area contributed by atoms with E-state index in [4.69, 9.17) is 5.26 Å². The van der Waals surface area contributed by atoms with Crippen LogP contribution < -0.4 is 11.2 Å². The number of hydrogen-bond acceptors (Lipinski definition) is 3. The van der Waals surface area contributed by atoms with Crippen molar-refractivity contribution in [3.05, 3.63) is 32.6 Å². The summed E-state index contributed by atoms with van der Waals surface area (Å²) in [5.41, 5.74) is -4.91. The first-order chi connectivity index (χ1) is 7.82. The molecule has 90 valence electrons. The lowest BCUT2D eigenvalue weighted by Crippen LogP contribution is -2.44. The van der Waals surface area contributed by atoms with Crippen LogP contribution >= 0.6 is 0 Å². The van der Waals surface area contributed by atoms with Crippen molar-refractivity contribution in [3.8, 4) is 6.07 Å². The van der Waals surface area contributed by atoms with Gasteiger partial charge in [-0.1, -0.05) is 0 Å². The lowest BCUT2D eigenvalue weighted by atomic mass is 10.2. The number of rotatable bonds is 1. The molecule has 1 heterocycles. The van der Waals surface area contributed by atoms with E-state index in [2.05, 4.69) is 0 Å². The largest absolute Gasteiger partial charge is 0.412 e. The summed E-state index contributed by atoms with van der Waals surface area (Å²) in [6.07, 6.45) is -4.37. The van der Waals surface area contributed by atoms with Crippen LogP contribution in [0, 0.1) is 11.3 Å². The molecule has 1 N–H and O–H groups in total. The SMILES string of the molecule is N#Cc1cn(C2(C(F)(F)F)CC2)c(=O)[nH]c1=O. The van der Waals surface area contributed by atoms with Crippen molar-refractivity contribution in [3.63, 3.8) is 0 Å². The fraction of sp³-hybridized carbons (Fsp3) is 0.444. The van der Waals surface area contributed by atoms with Crippen LogP contribution in [-0.2, 0) is 5.54 Å². The maximum absolute atomic E-state index is 12.8. The fourth-order valence-corrected chi connectivity index (χ4v) is 1.65. The van der Waals surface area contributed by atoms with Crippen molar-refractivity contribution in [2.24, 2.45) is 0 Å². The van der Waals surface area contributed by atoms with Crippen LogP contribution in [0.3, 0.4) is 0 Å². The zero-order valence-corrected chi connectivity index (χ0v) is 8.34. The minimum absolute atomic E-state index is 0.229. The second-order valence-corrected chi connectivity index (χ2v) is 3.81. The standard InChI is InChI=1S/C9H6F3N3O2/c10-9(11,12)8(1-2-8)15-4-5(3-13)6(16)14-7(15)17/h4H,1-2H2,(H,14,16,17). The number of H-pyrrole nitrogens is 1. The molecule has 1 aromatic rings. The highest BCUT2D eigenvalue weighted by Gasteiger charge is 2.65. The average Bonchev–Trinajstić information content (AvgIpc) is 2.98. The van der Waals surface area contributed by atoms with Crippen molar-refractivity contribution in [1.29, 1.82) is 5.26 Å². The minimum Gasteiger partial charge on any atom is -0.284 e. The molecule has 5 nitrogen and oxygen atoms in total. The molecule has 0 atom stereocenters. The molecule has 1 aliphatic carbocycles. The third-order valence-electron chi connectivity index (χ3n) is 2.77. The Hall–Kier alpha value is -2.04. The monoisotopic (exact) mass is 245 g/mol. The van der Waals surface area contributed by atoms with E-state index in [1.54, 1.807) is 4.98 Å². The molecule has 0 aliphatic heterocycles. The van der Waals surface area contributed by atoms with E-state index >= 15 is 0 Å². The van der Waals surface area contributed by atoms with Gasteiger partial charge in [0.15, 0.2) is 0 Å². The molecule has 1 saturated carbocycles. The number of halogens is 3. The lowest BCUT2D eigenvalue weighted by Gasteiger charge is -2.21. The summed E-state index contributed by atoms with van der Waals surface area (Å²) in [6.45, 7) is 0. The Balaban J connectivity index is 2.67. The number of nitriles is 1. The molecule has 0 aromatic carbocycles. The van der Waals surface area contributed by atoms with Gasteiger partial charge in [-0.2, -0.15) is 18.4 Å². The average molecular weight is 245 g/mol. The normalized spacial score (nSPS) is 17.5. The molecular weight excluding hydrogens is 239 g/mol. The molecule has 0 bridgehead atoms. The topological polar surface area (TPSA) is 78.7 Å². The van der Waals surface area contributed by atoms with Gasteiger partial charge in [0.25, 0.3) is 5.56 Å². The molecule has 0 saturated heterocycles. The highest BCUT2D eigenvalue weighted by molar-refractivity contribution is 5.23. The molecule has 0 amide bonds. The van der Waals surface area contributed by atoms with E-state index in [9.17, 15) is 22.8 Å². The minimum atomic E-state index is -4.58. The van der Waals surface area contributed by atoms with E-state index < -0.39 is 28.5 Å². The van der Waals surface area contributed by atoms with Crippen LogP contribution in [0.25, 0.3) is 0 Å². The Kier molecular flexibility index (Phi) is 2.17. The Morgan fingerprint density at radius 3 is 2.41 bits per heavy atom. The molecule has 1 fully saturated rings. The molecule has 0 radical (unpaired) electrons. The third kappa shape index (κ3) is 1.54. The van der Waals surface area contributed by atoms with E-state index in [1.807, 2.05) is 0 Å². The molecule has 0 spiro atoms. The van der Waals surface area contributed by atoms with E-state index in [-0.39, 0.29) is 12.8 Å². The smallest absolute Gasteiger partial charge is 0.284 e. The number of aromatic nitrogens is 2. The number of nitrogens with zero attached hydrogens (tertiary/aromatic N) is 2. The van der Waals surface area contributed by atoms with Gasteiger partial charge in [0, 0.05) is 6.20 Å². The Morgan fingerprint density at radius 2 is 2.00 bits per heavy atom. The summed E-state index contributed by atoms with van der Waals surface area (Å²) in [7, 11) is 0. The molecule has 0 unspecified atom stereocenters. The van der Waals surface area contributed by atoms with Crippen molar-refractivity contribution in [2.45, 2.75) is 24.6 Å². The summed E-state index contributed by atoms with van der Waals surface area (Å²) >= 11 is 0. The van der Waals surface area contributed by atoms with Gasteiger partial charge in [-0.15, -0.1) is 0 Å². The van der Waals surface area contributed by atoms with Gasteiger partial charge >= 0.3 is 11.9 Å². The van der Waals surface area contributed by atoms with Gasteiger partial charge in [-0.3, -0.25) is 14.3 Å². The number of alkyl halides is 3. The second-order valence-electron chi connectivity index (χ2n) is 3.81. The molecule has 1 aromatic heterocycles. The maximum atomic E-state index is 12.8. The Bertz CT molecular complexity index is 616. The number of nitrogens with one attached hydrogen (secondary N) is 1. The van der Waals surface area contributed by atoms with Gasteiger partial charge in [0.05, 0.1) is 0 Å². The van der Waals surface area contributed by atoms with Gasteiger partial charge < -0.3 is 0 Å². The van der Waals surface area contributed by atoms with Gasteiger partial charge in [-0.25, -0.2) is 4.79 Å². The second kappa shape index (κ2) is 3.23. The van der Waals surface area contributed by atoms with Crippen LogP contribution in [0.5, 0.6) is 0 Å². The van der Waals surface area contributed by atoms with E-state index in [0.717, 1.165) is 0 Å². The number of hydrogen-bond donors (Lipinski definition) is 1. The van der Waals surface area contributed by atoms with E-state index in [1.165, 1.54) is 6.07 Å². The predicted octanol–water partition coefficient (Wildman–Crippen LogP) is 0.460. The number of aromatic amines is 1. The highest BCUT2D eigenvalue weighted by atomic mass is 19.4. The Labute approximate surface area is 92.1 Å². The summed E-state index contributed by atoms with van der Waals surface area (Å²) in [6, 6.07) is 1.44. The molecule has 2 rings (SSSR count). The van der Waals surface area contributed by atoms with Crippen LogP contribution in [-0.4, -0.2) is 15.7 Å². The van der Waals surface area contributed by atoms with Gasteiger partial charge in [0.2, 0.25) is 0 Å². The predicted molar refractivity (Wildman–Crippen MR) is 49.3 cm³/mol. The molecule has 1 aliphatic rings. The molecular formula is C9H6F3N3O2. The molecule has 17 heavy (non-hydrogen) atoms. The molecule has 8 heteroatoms. The fourth-order valence-electron chi connectivity index (χ4n) is 1.65. The van der Waals surface area contributed by atoms with Crippen molar-refractivity contribution in [1.82, 2.24) is 9.55 Å². The summed E-state index contributed by atoms with van der Waals surface area (Å²) in [5, 5.41) is 8.56. The van der Waals surface area contributed by atoms with Crippen LogP contribution in [0.2, 0.25) is 0 Å². The third-order valence-corrected chi connectivity index (χ3v) is 2.77. The van der Waals surface area contributed by atoms with Crippen molar-refractivity contribution >= 4 is 0 Å². The van der Waals surface area contributed by atoms with Crippen molar-refractivity contribution in [2.75, 3.05) is 0 Å². The first-order valence-corrected chi connectivity index (χ1v) is 4.65. The quantitative estimate of drug-likeness (QED) is 0.780. The van der Waals surface area contributed by atoms with Crippen molar-refractivity contribution < 1.29 is 13.2 Å². The summed E-state index contributed by atoms with van der Waals surface area (Å²) in [5.74, 6) is 0. The lowest BCUT2D eigenvalue weighted by molar-refractivity contribution is -0.180. The zero-order chi connectivity index (χ0) is 12.8. The first kappa shape index (κ1) is 11.4. The maximum Gasteiger partial charge on any atom is 0.412 e. The highest BCUT2D eigenvalue weighted by Crippen LogP contribution is 2.54. The first-order valence-electron chi connectivity index (χ1n) is 4.65. The van der Waals surface area contributed by atoms with Crippen LogP contribution in [0.4, 0.5) is 13.2 Å². The Morgan fingerprint density at radius 1 is 1.41 bits per heavy atom. The zero-order valence-electron chi connectivity index (χ0n) is 8.34. The van der Waals surface area contributed by atoms with Crippen LogP contribution in [0.15, 0.2) is 15.8 Å². The van der Waals surface area contributed by atoms with Gasteiger partial charge in [0.1, 0.15) is 17.2 Å². The van der Waals surface area contributed by atoms with Gasteiger partial charge in [-0.05, 0) is 12.8 Å². The van der Waals surface area contributed by atoms with E-state index in [0.29, 0.717) is 10.8 Å². The summed E-state index contributed by atoms with van der Waals surface area (Å²) < 4.78 is 38.7. The summed E-state index contributed by atoms with van der Waals surface area (Å²) in [4.78, 5) is 24.1. The van der Waals surface area contributed by atoms with Crippen LogP contribution in [0.1, 0.15) is 18.4 Å².